The maximum atomic E-state index is 12.3. The minimum absolute atomic E-state index is 0. The fraction of sp³-hybridized carbons (Fsp3) is 0.500. The number of nitrogens with zero attached hydrogens (tertiary/aromatic N) is 2. The number of halogens is 1. The predicted molar refractivity (Wildman–Crippen MR) is 77.8 cm³/mol. The summed E-state index contributed by atoms with van der Waals surface area (Å²) in [6.07, 6.45) is -0.580. The summed E-state index contributed by atoms with van der Waals surface area (Å²) in [5.41, 5.74) is 0.426. The normalized spacial score (nSPS) is 18.3. The van der Waals surface area contributed by atoms with Crippen LogP contribution in [0.2, 0.25) is 0 Å². The molecule has 2 rings (SSSR count). The zero-order valence-electron chi connectivity index (χ0n) is 13.0. The molecule has 0 saturated heterocycles. The lowest BCUT2D eigenvalue weighted by Gasteiger charge is -2.34. The minimum Gasteiger partial charge on any atom is -1.00 e. The molecule has 8 heteroatoms. The Balaban J connectivity index is 0.00000242. The Hall–Kier alpha value is -1.86. The molecule has 0 aliphatic carbocycles. The van der Waals surface area contributed by atoms with Gasteiger partial charge in [0, 0.05) is 12.1 Å². The smallest absolute Gasteiger partial charge is 0.271 e. The van der Waals surface area contributed by atoms with Crippen LogP contribution >= 0.6 is 0 Å². The minimum atomic E-state index is -0.580. The summed E-state index contributed by atoms with van der Waals surface area (Å²) in [7, 11) is 4.01. The van der Waals surface area contributed by atoms with Gasteiger partial charge in [-0.1, -0.05) is 0 Å². The van der Waals surface area contributed by atoms with Crippen molar-refractivity contribution in [2.24, 2.45) is 0 Å². The number of nitrogens with one attached hydrogen (secondary N) is 1. The number of carbonyl (C=O) groups is 1. The molecule has 122 valence electrons. The average Bonchev–Trinajstić information content (AvgIpc) is 2.42. The molecule has 0 spiro atoms. The summed E-state index contributed by atoms with van der Waals surface area (Å²) in [4.78, 5) is 25.6. The maximum Gasteiger partial charge on any atom is 0.271 e. The topological polar surface area (TPSA) is 77.1 Å². The van der Waals surface area contributed by atoms with Crippen molar-refractivity contribution in [3.05, 3.63) is 28.3 Å². The summed E-state index contributed by atoms with van der Waals surface area (Å²) in [5, 5.41) is 10.9. The van der Waals surface area contributed by atoms with Gasteiger partial charge in [0.05, 0.1) is 31.3 Å². The van der Waals surface area contributed by atoms with Crippen molar-refractivity contribution in [1.82, 2.24) is 0 Å². The Morgan fingerprint density at radius 3 is 2.64 bits per heavy atom. The van der Waals surface area contributed by atoms with Gasteiger partial charge in [-0.25, -0.2) is 0 Å². The number of fused-ring (bicyclic) bond motifs is 1. The molecule has 22 heavy (non-hydrogen) atoms. The first-order valence-corrected chi connectivity index (χ1v) is 6.87. The van der Waals surface area contributed by atoms with Crippen LogP contribution in [0.1, 0.15) is 13.8 Å². The van der Waals surface area contributed by atoms with Crippen LogP contribution in [0.15, 0.2) is 18.2 Å². The summed E-state index contributed by atoms with van der Waals surface area (Å²) < 4.78 is 5.53. The number of hydrogen-bond donors (Lipinski definition) is 1. The van der Waals surface area contributed by atoms with Crippen LogP contribution in [-0.2, 0) is 4.79 Å². The molecular formula is C14H20ClN3O4. The number of amides is 1. The molecule has 1 amide bonds. The van der Waals surface area contributed by atoms with E-state index < -0.39 is 11.0 Å². The van der Waals surface area contributed by atoms with Crippen molar-refractivity contribution < 1.29 is 31.8 Å². The highest BCUT2D eigenvalue weighted by Gasteiger charge is 2.34. The third-order valence-corrected chi connectivity index (χ3v) is 3.80. The Bertz CT molecular complexity index is 579. The van der Waals surface area contributed by atoms with E-state index in [1.54, 1.807) is 17.9 Å². The first kappa shape index (κ1) is 18.2. The molecule has 0 fully saturated rings. The van der Waals surface area contributed by atoms with Crippen molar-refractivity contribution in [2.45, 2.75) is 26.0 Å². The van der Waals surface area contributed by atoms with Crippen LogP contribution < -0.4 is 26.9 Å². The Morgan fingerprint density at radius 2 is 2.09 bits per heavy atom. The van der Waals surface area contributed by atoms with Crippen molar-refractivity contribution in [1.29, 1.82) is 0 Å². The standard InChI is InChI=1S/C14H19N3O4.ClH/c1-9(15(3)4)8-16-12-7-11(17(19)20)5-6-13(12)21-10(2)14(16)18;/h5-7,9-10H,8H2,1-4H3;1H. The molecule has 0 bridgehead atoms. The van der Waals surface area contributed by atoms with E-state index in [4.69, 9.17) is 4.74 Å². The fourth-order valence-corrected chi connectivity index (χ4v) is 2.15. The van der Waals surface area contributed by atoms with Crippen LogP contribution in [0.3, 0.4) is 0 Å². The van der Waals surface area contributed by atoms with Gasteiger partial charge in [0.1, 0.15) is 11.8 Å². The summed E-state index contributed by atoms with van der Waals surface area (Å²) >= 11 is 0. The van der Waals surface area contributed by atoms with Crippen LogP contribution in [-0.4, -0.2) is 43.6 Å². The van der Waals surface area contributed by atoms with E-state index in [2.05, 4.69) is 0 Å². The van der Waals surface area contributed by atoms with Crippen LogP contribution in [0.25, 0.3) is 0 Å². The van der Waals surface area contributed by atoms with E-state index in [9.17, 15) is 14.9 Å². The van der Waals surface area contributed by atoms with Gasteiger partial charge >= 0.3 is 0 Å². The number of likely N-dealkylation sites (N-methyl/N-ethyl adjacent to an activating group) is 1. The zero-order chi connectivity index (χ0) is 15.7. The van der Waals surface area contributed by atoms with Crippen LogP contribution in [0.5, 0.6) is 5.75 Å². The van der Waals surface area contributed by atoms with E-state index in [1.807, 2.05) is 21.0 Å². The number of nitro benzene ring substituents is 1. The van der Waals surface area contributed by atoms with Crippen LogP contribution in [0.4, 0.5) is 11.4 Å². The second-order valence-corrected chi connectivity index (χ2v) is 5.60. The van der Waals surface area contributed by atoms with Crippen molar-refractivity contribution >= 4 is 17.3 Å². The quantitative estimate of drug-likeness (QED) is 0.480. The molecule has 1 aliphatic rings. The van der Waals surface area contributed by atoms with E-state index >= 15 is 0 Å². The Kier molecular flexibility index (Phi) is 5.73. The lowest BCUT2D eigenvalue weighted by molar-refractivity contribution is -0.881. The van der Waals surface area contributed by atoms with E-state index in [0.717, 1.165) is 0 Å². The van der Waals surface area contributed by atoms with Gasteiger partial charge in [0.2, 0.25) is 0 Å². The van der Waals surface area contributed by atoms with Crippen LogP contribution in [0, 0.1) is 10.1 Å². The number of anilines is 1. The summed E-state index contributed by atoms with van der Waals surface area (Å²) in [6.45, 7) is 4.20. The van der Waals surface area contributed by atoms with Gasteiger partial charge in [0.25, 0.3) is 11.6 Å². The maximum absolute atomic E-state index is 12.3. The number of benzene rings is 1. The van der Waals surface area contributed by atoms with Crippen molar-refractivity contribution in [2.75, 3.05) is 25.5 Å². The molecule has 1 N–H and O–H groups in total. The molecule has 2 unspecified atom stereocenters. The van der Waals surface area contributed by atoms with Crippen molar-refractivity contribution in [3.8, 4) is 5.75 Å². The largest absolute Gasteiger partial charge is 1.00 e. The molecule has 2 atom stereocenters. The molecule has 1 aliphatic heterocycles. The third-order valence-electron chi connectivity index (χ3n) is 3.80. The van der Waals surface area contributed by atoms with Gasteiger partial charge in [-0.15, -0.1) is 0 Å². The van der Waals surface area contributed by atoms with E-state index in [0.29, 0.717) is 18.0 Å². The Morgan fingerprint density at radius 1 is 1.45 bits per heavy atom. The molecule has 0 saturated carbocycles. The summed E-state index contributed by atoms with van der Waals surface area (Å²) in [6, 6.07) is 4.54. The second kappa shape index (κ2) is 6.93. The fourth-order valence-electron chi connectivity index (χ4n) is 2.15. The van der Waals surface area contributed by atoms with Gasteiger partial charge < -0.3 is 22.0 Å². The molecule has 0 radical (unpaired) electrons. The lowest BCUT2D eigenvalue weighted by Crippen LogP contribution is -3.10. The lowest BCUT2D eigenvalue weighted by atomic mass is 10.1. The molecule has 1 heterocycles. The van der Waals surface area contributed by atoms with Gasteiger partial charge in [-0.05, 0) is 19.9 Å². The third kappa shape index (κ3) is 3.48. The molecule has 7 nitrogen and oxygen atoms in total. The van der Waals surface area contributed by atoms with Crippen molar-refractivity contribution in [3.63, 3.8) is 0 Å². The average molecular weight is 330 g/mol. The highest BCUT2D eigenvalue weighted by Crippen LogP contribution is 2.36. The molecule has 1 aromatic rings. The monoisotopic (exact) mass is 329 g/mol. The highest BCUT2D eigenvalue weighted by atomic mass is 35.5. The number of nitro groups is 1. The van der Waals surface area contributed by atoms with Gasteiger partial charge in [0.15, 0.2) is 6.10 Å². The number of carbonyl (C=O) groups excluding carboxylic acids is 1. The number of non-ortho nitro benzene ring substituents is 1. The number of quaternary nitrogens is 1. The van der Waals surface area contributed by atoms with E-state index in [-0.39, 0.29) is 30.0 Å². The first-order valence-electron chi connectivity index (χ1n) is 6.87. The number of hydrogen-bond acceptors (Lipinski definition) is 4. The number of ether oxygens (including phenoxy) is 1. The van der Waals surface area contributed by atoms with Gasteiger partial charge in [-0.3, -0.25) is 19.8 Å². The number of rotatable bonds is 4. The first-order chi connectivity index (χ1) is 9.81. The molecular weight excluding hydrogens is 310 g/mol. The highest BCUT2D eigenvalue weighted by molar-refractivity contribution is 6.00. The predicted octanol–water partition coefficient (Wildman–Crippen LogP) is -2.75. The Labute approximate surface area is 135 Å². The second-order valence-electron chi connectivity index (χ2n) is 5.60. The SMILES string of the molecule is CC1Oc2ccc([N+](=O)[O-])cc2N(CC(C)[NH+](C)C)C1=O.[Cl-]. The summed E-state index contributed by atoms with van der Waals surface area (Å²) in [5.74, 6) is 0.338. The van der Waals surface area contributed by atoms with E-state index in [1.165, 1.54) is 17.0 Å². The zero-order valence-corrected chi connectivity index (χ0v) is 13.8. The van der Waals surface area contributed by atoms with Gasteiger partial charge in [-0.2, -0.15) is 0 Å². The molecule has 0 aromatic heterocycles. The molecule has 1 aromatic carbocycles.